The molecule has 0 amide bonds. The number of hydrogen-bond donors (Lipinski definition) is 1. The molecule has 2 nitrogen and oxygen atoms in total. The zero-order valence-electron chi connectivity index (χ0n) is 7.75. The zero-order valence-corrected chi connectivity index (χ0v) is 7.75. The second kappa shape index (κ2) is 5.26. The van der Waals surface area contributed by atoms with E-state index in [2.05, 4.69) is 11.8 Å². The van der Waals surface area contributed by atoms with Crippen LogP contribution < -0.4 is 0 Å². The molecular weight excluding hydrogens is 162 g/mol. The Balaban J connectivity index is 3.86. The van der Waals surface area contributed by atoms with Crippen molar-refractivity contribution in [2.75, 3.05) is 0 Å². The Morgan fingerprint density at radius 1 is 1.54 bits per heavy atom. The molecule has 0 aliphatic heterocycles. The first-order valence-electron chi connectivity index (χ1n) is 4.15. The summed E-state index contributed by atoms with van der Waals surface area (Å²) < 4.78 is 0. The number of nitrogens with zero attached hydrogens (tertiary/aromatic N) is 1. The molecule has 2 atom stereocenters. The summed E-state index contributed by atoms with van der Waals surface area (Å²) >= 11 is 0. The van der Waals surface area contributed by atoms with Gasteiger partial charge in [-0.1, -0.05) is 12.8 Å². The van der Waals surface area contributed by atoms with Crippen molar-refractivity contribution in [2.24, 2.45) is 5.92 Å². The van der Waals surface area contributed by atoms with Crippen molar-refractivity contribution in [3.8, 4) is 30.8 Å². The van der Waals surface area contributed by atoms with E-state index < -0.39 is 5.60 Å². The fraction of sp³-hybridized carbons (Fsp3) is 0.545. The molecule has 0 rings (SSSR count). The van der Waals surface area contributed by atoms with Crippen LogP contribution in [0.25, 0.3) is 0 Å². The predicted molar refractivity (Wildman–Crippen MR) is 51.2 cm³/mol. The summed E-state index contributed by atoms with van der Waals surface area (Å²) in [4.78, 5) is 0. The second-order valence-corrected chi connectivity index (χ2v) is 3.08. The molecule has 0 radical (unpaired) electrons. The number of aliphatic hydroxyl groups is 1. The Labute approximate surface area is 79.6 Å². The average Bonchev–Trinajstić information content (AvgIpc) is 2.17. The monoisotopic (exact) mass is 175 g/mol. The van der Waals surface area contributed by atoms with E-state index in [0.29, 0.717) is 6.42 Å². The summed E-state index contributed by atoms with van der Waals surface area (Å²) in [5.74, 6) is 4.80. The zero-order chi connectivity index (χ0) is 10.3. The van der Waals surface area contributed by atoms with E-state index in [4.69, 9.17) is 18.1 Å². The first kappa shape index (κ1) is 11.6. The fourth-order valence-electron chi connectivity index (χ4n) is 0.908. The van der Waals surface area contributed by atoms with Gasteiger partial charge in [-0.2, -0.15) is 5.26 Å². The van der Waals surface area contributed by atoms with Crippen molar-refractivity contribution >= 4 is 0 Å². The Bertz CT molecular complexity index is 260. The van der Waals surface area contributed by atoms with Gasteiger partial charge < -0.3 is 5.11 Å². The largest absolute Gasteiger partial charge is 0.366 e. The van der Waals surface area contributed by atoms with Gasteiger partial charge in [-0.3, -0.25) is 0 Å². The second-order valence-electron chi connectivity index (χ2n) is 3.08. The molecule has 0 aromatic carbocycles. The summed E-state index contributed by atoms with van der Waals surface area (Å²) in [6.07, 6.45) is 11.9. The third-order valence-corrected chi connectivity index (χ3v) is 1.88. The molecule has 2 unspecified atom stereocenters. The van der Waals surface area contributed by atoms with Crippen molar-refractivity contribution in [3.05, 3.63) is 0 Å². The molecule has 0 aliphatic rings. The summed E-state index contributed by atoms with van der Waals surface area (Å²) in [6, 6.07) is 1.69. The SMILES string of the molecule is C#CC(C)CCCC(O)(C#C)C#N. The van der Waals surface area contributed by atoms with Gasteiger partial charge in [0.15, 0.2) is 0 Å². The summed E-state index contributed by atoms with van der Waals surface area (Å²) in [7, 11) is 0. The highest BCUT2D eigenvalue weighted by Gasteiger charge is 2.22. The fourth-order valence-corrected chi connectivity index (χ4v) is 0.908. The van der Waals surface area contributed by atoms with Gasteiger partial charge in [0.2, 0.25) is 5.60 Å². The maximum atomic E-state index is 9.37. The molecule has 1 N–H and O–H groups in total. The maximum absolute atomic E-state index is 9.37. The standard InChI is InChI=1S/C11H13NO/c1-4-10(3)7-6-8-11(13,5-2)9-12/h1-2,10,13H,6-8H2,3H3. The Morgan fingerprint density at radius 3 is 2.54 bits per heavy atom. The van der Waals surface area contributed by atoms with Crippen LogP contribution in [0.3, 0.4) is 0 Å². The van der Waals surface area contributed by atoms with Gasteiger partial charge in [0.05, 0.1) is 0 Å². The van der Waals surface area contributed by atoms with Crippen LogP contribution in [-0.2, 0) is 0 Å². The lowest BCUT2D eigenvalue weighted by atomic mass is 9.96. The van der Waals surface area contributed by atoms with Crippen LogP contribution in [0.5, 0.6) is 0 Å². The summed E-state index contributed by atoms with van der Waals surface area (Å²) in [6.45, 7) is 1.92. The van der Waals surface area contributed by atoms with Crippen molar-refractivity contribution < 1.29 is 5.11 Å². The van der Waals surface area contributed by atoms with Crippen LogP contribution in [0.1, 0.15) is 26.2 Å². The molecule has 68 valence electrons. The number of rotatable bonds is 4. The van der Waals surface area contributed by atoms with Crippen molar-refractivity contribution in [3.63, 3.8) is 0 Å². The van der Waals surface area contributed by atoms with Gasteiger partial charge in [-0.25, -0.2) is 0 Å². The summed E-state index contributed by atoms with van der Waals surface area (Å²) in [5.41, 5.74) is -1.62. The van der Waals surface area contributed by atoms with Crippen molar-refractivity contribution in [1.29, 1.82) is 5.26 Å². The number of hydrogen-bond acceptors (Lipinski definition) is 2. The van der Waals surface area contributed by atoms with E-state index in [9.17, 15) is 5.11 Å². The Kier molecular flexibility index (Phi) is 4.68. The Morgan fingerprint density at radius 2 is 2.15 bits per heavy atom. The van der Waals surface area contributed by atoms with Gasteiger partial charge in [0, 0.05) is 12.3 Å². The van der Waals surface area contributed by atoms with Gasteiger partial charge in [0.1, 0.15) is 6.07 Å². The Hall–Kier alpha value is -1.43. The molecular formula is C11H13NO. The van der Waals surface area contributed by atoms with Gasteiger partial charge in [-0.05, 0) is 12.8 Å². The molecule has 0 heterocycles. The van der Waals surface area contributed by atoms with E-state index in [1.54, 1.807) is 6.07 Å². The summed E-state index contributed by atoms with van der Waals surface area (Å²) in [5, 5.41) is 17.9. The molecule has 0 saturated carbocycles. The highest BCUT2D eigenvalue weighted by Crippen LogP contribution is 2.15. The predicted octanol–water partition coefficient (Wildman–Crippen LogP) is 1.31. The number of nitriles is 1. The quantitative estimate of drug-likeness (QED) is 0.517. The van der Waals surface area contributed by atoms with Crippen LogP contribution in [0.15, 0.2) is 0 Å². The van der Waals surface area contributed by atoms with Gasteiger partial charge >= 0.3 is 0 Å². The van der Waals surface area contributed by atoms with Crippen LogP contribution in [0.2, 0.25) is 0 Å². The van der Waals surface area contributed by atoms with E-state index in [0.717, 1.165) is 6.42 Å². The first-order chi connectivity index (χ1) is 6.08. The van der Waals surface area contributed by atoms with E-state index in [1.165, 1.54) is 0 Å². The van der Waals surface area contributed by atoms with Crippen LogP contribution in [-0.4, -0.2) is 10.7 Å². The molecule has 0 aromatic rings. The lowest BCUT2D eigenvalue weighted by Crippen LogP contribution is -2.23. The third kappa shape index (κ3) is 4.22. The molecule has 0 aromatic heterocycles. The highest BCUT2D eigenvalue weighted by molar-refractivity contribution is 5.19. The van der Waals surface area contributed by atoms with Crippen LogP contribution >= 0.6 is 0 Å². The lowest BCUT2D eigenvalue weighted by Gasteiger charge is -2.12. The number of terminal acetylenes is 2. The van der Waals surface area contributed by atoms with E-state index >= 15 is 0 Å². The maximum Gasteiger partial charge on any atom is 0.212 e. The normalized spacial score (nSPS) is 15.9. The molecule has 0 bridgehead atoms. The minimum Gasteiger partial charge on any atom is -0.366 e. The van der Waals surface area contributed by atoms with Crippen molar-refractivity contribution in [1.82, 2.24) is 0 Å². The van der Waals surface area contributed by atoms with Gasteiger partial charge in [0.25, 0.3) is 0 Å². The topological polar surface area (TPSA) is 44.0 Å². The molecule has 0 spiro atoms. The molecule has 0 aliphatic carbocycles. The molecule has 0 fully saturated rings. The van der Waals surface area contributed by atoms with E-state index in [1.807, 2.05) is 6.92 Å². The third-order valence-electron chi connectivity index (χ3n) is 1.88. The van der Waals surface area contributed by atoms with Crippen molar-refractivity contribution in [2.45, 2.75) is 31.8 Å². The highest BCUT2D eigenvalue weighted by atomic mass is 16.3. The smallest absolute Gasteiger partial charge is 0.212 e. The minimum atomic E-state index is -1.62. The minimum absolute atomic E-state index is 0.167. The average molecular weight is 175 g/mol. The molecule has 13 heavy (non-hydrogen) atoms. The van der Waals surface area contributed by atoms with Gasteiger partial charge in [-0.15, -0.1) is 18.8 Å². The van der Waals surface area contributed by atoms with Crippen LogP contribution in [0, 0.1) is 41.9 Å². The van der Waals surface area contributed by atoms with Crippen LogP contribution in [0.4, 0.5) is 0 Å². The lowest BCUT2D eigenvalue weighted by molar-refractivity contribution is 0.146. The van der Waals surface area contributed by atoms with E-state index in [-0.39, 0.29) is 12.3 Å². The molecule has 2 heteroatoms. The molecule has 0 saturated heterocycles. The first-order valence-corrected chi connectivity index (χ1v) is 4.15.